The molecule has 1 aromatic rings. The van der Waals surface area contributed by atoms with Gasteiger partial charge in [-0.3, -0.25) is 4.79 Å². The minimum absolute atomic E-state index is 0.211. The molecule has 0 aliphatic carbocycles. The molecule has 0 fully saturated rings. The molecule has 0 spiro atoms. The van der Waals surface area contributed by atoms with Crippen LogP contribution >= 0.6 is 0 Å². The van der Waals surface area contributed by atoms with Gasteiger partial charge in [-0.2, -0.15) is 17.4 Å². The van der Waals surface area contributed by atoms with E-state index in [0.29, 0.717) is 0 Å². The first-order valence-corrected chi connectivity index (χ1v) is 6.93. The summed E-state index contributed by atoms with van der Waals surface area (Å²) >= 11 is 0. The number of hydrogen-bond acceptors (Lipinski definition) is 3. The third-order valence-electron chi connectivity index (χ3n) is 2.30. The Morgan fingerprint density at radius 2 is 1.84 bits per heavy atom. The SMILES string of the molecule is CN(C)S(=O)(=O)NCC(=O)NCc1ccc(F)cc1. The number of carbonyl (C=O) groups is 1. The molecule has 0 aliphatic rings. The molecule has 0 saturated heterocycles. The van der Waals surface area contributed by atoms with Crippen LogP contribution in [0.3, 0.4) is 0 Å². The Balaban J connectivity index is 2.38. The number of amides is 1. The molecule has 1 aromatic carbocycles. The Morgan fingerprint density at radius 3 is 2.37 bits per heavy atom. The minimum Gasteiger partial charge on any atom is -0.351 e. The Morgan fingerprint density at radius 1 is 1.26 bits per heavy atom. The summed E-state index contributed by atoms with van der Waals surface area (Å²) in [5.41, 5.74) is 0.727. The van der Waals surface area contributed by atoms with Crippen LogP contribution in [0.1, 0.15) is 5.56 Å². The summed E-state index contributed by atoms with van der Waals surface area (Å²) in [6.45, 7) is -0.134. The second kappa shape index (κ2) is 6.60. The van der Waals surface area contributed by atoms with Crippen molar-refractivity contribution in [2.75, 3.05) is 20.6 Å². The van der Waals surface area contributed by atoms with Gasteiger partial charge in [-0.1, -0.05) is 12.1 Å². The number of nitrogens with zero attached hydrogens (tertiary/aromatic N) is 1. The van der Waals surface area contributed by atoms with Gasteiger partial charge in [-0.25, -0.2) is 4.39 Å². The van der Waals surface area contributed by atoms with Crippen LogP contribution in [-0.4, -0.2) is 39.3 Å². The van der Waals surface area contributed by atoms with Crippen molar-refractivity contribution in [3.63, 3.8) is 0 Å². The van der Waals surface area contributed by atoms with E-state index in [1.807, 2.05) is 0 Å². The van der Waals surface area contributed by atoms with Crippen LogP contribution in [-0.2, 0) is 21.5 Å². The summed E-state index contributed by atoms with van der Waals surface area (Å²) in [5.74, 6) is -0.816. The van der Waals surface area contributed by atoms with E-state index < -0.39 is 16.1 Å². The van der Waals surface area contributed by atoms with Gasteiger partial charge in [0.2, 0.25) is 5.91 Å². The van der Waals surface area contributed by atoms with Crippen molar-refractivity contribution in [3.05, 3.63) is 35.6 Å². The Hall–Kier alpha value is -1.51. The molecule has 0 radical (unpaired) electrons. The van der Waals surface area contributed by atoms with Crippen molar-refractivity contribution in [2.45, 2.75) is 6.54 Å². The summed E-state index contributed by atoms with van der Waals surface area (Å²) in [7, 11) is -0.889. The molecule has 2 N–H and O–H groups in total. The van der Waals surface area contributed by atoms with Gasteiger partial charge < -0.3 is 5.32 Å². The molecule has 1 rings (SSSR count). The molecule has 0 saturated carbocycles. The van der Waals surface area contributed by atoms with Crippen LogP contribution in [0.25, 0.3) is 0 Å². The first kappa shape index (κ1) is 15.5. The van der Waals surface area contributed by atoms with E-state index in [0.717, 1.165) is 9.87 Å². The fourth-order valence-electron chi connectivity index (χ4n) is 1.15. The fraction of sp³-hybridized carbons (Fsp3) is 0.364. The zero-order chi connectivity index (χ0) is 14.5. The highest BCUT2D eigenvalue weighted by Gasteiger charge is 2.14. The zero-order valence-corrected chi connectivity index (χ0v) is 11.5. The highest BCUT2D eigenvalue weighted by Crippen LogP contribution is 2.01. The third kappa shape index (κ3) is 5.33. The summed E-state index contributed by atoms with van der Waals surface area (Å²) < 4.78 is 38.4. The quantitative estimate of drug-likeness (QED) is 0.763. The molecule has 0 atom stereocenters. The highest BCUT2D eigenvalue weighted by molar-refractivity contribution is 7.87. The molecule has 8 heteroatoms. The monoisotopic (exact) mass is 289 g/mol. The molecule has 19 heavy (non-hydrogen) atoms. The Bertz CT molecular complexity index is 529. The first-order chi connectivity index (χ1) is 8.81. The molecule has 106 valence electrons. The van der Waals surface area contributed by atoms with E-state index in [-0.39, 0.29) is 18.9 Å². The topological polar surface area (TPSA) is 78.5 Å². The molecule has 0 aliphatic heterocycles. The van der Waals surface area contributed by atoms with Crippen molar-refractivity contribution < 1.29 is 17.6 Å². The standard InChI is InChI=1S/C11H16FN3O3S/c1-15(2)19(17,18)14-8-11(16)13-7-9-3-5-10(12)6-4-9/h3-6,14H,7-8H2,1-2H3,(H,13,16). The van der Waals surface area contributed by atoms with E-state index >= 15 is 0 Å². The lowest BCUT2D eigenvalue weighted by Gasteiger charge is -2.12. The van der Waals surface area contributed by atoms with E-state index in [2.05, 4.69) is 10.0 Å². The maximum Gasteiger partial charge on any atom is 0.279 e. The van der Waals surface area contributed by atoms with Crippen LogP contribution in [0, 0.1) is 5.82 Å². The van der Waals surface area contributed by atoms with E-state index in [1.165, 1.54) is 26.2 Å². The Labute approximate surface area is 111 Å². The summed E-state index contributed by atoms with van der Waals surface area (Å²) in [4.78, 5) is 11.4. The van der Waals surface area contributed by atoms with E-state index in [9.17, 15) is 17.6 Å². The van der Waals surface area contributed by atoms with Gasteiger partial charge in [-0.05, 0) is 17.7 Å². The second-order valence-corrected chi connectivity index (χ2v) is 5.98. The van der Waals surface area contributed by atoms with E-state index in [1.54, 1.807) is 12.1 Å². The van der Waals surface area contributed by atoms with Gasteiger partial charge in [0.05, 0.1) is 6.54 Å². The van der Waals surface area contributed by atoms with Crippen LogP contribution in [0.4, 0.5) is 4.39 Å². The summed E-state index contributed by atoms with van der Waals surface area (Å²) in [6.07, 6.45) is 0. The molecule has 0 bridgehead atoms. The normalized spacial score (nSPS) is 11.6. The number of carbonyl (C=O) groups excluding carboxylic acids is 1. The second-order valence-electron chi connectivity index (χ2n) is 4.01. The van der Waals surface area contributed by atoms with Crippen LogP contribution < -0.4 is 10.0 Å². The first-order valence-electron chi connectivity index (χ1n) is 5.49. The van der Waals surface area contributed by atoms with Crippen LogP contribution in [0.15, 0.2) is 24.3 Å². The lowest BCUT2D eigenvalue weighted by Crippen LogP contribution is -2.41. The molecule has 0 unspecified atom stereocenters. The van der Waals surface area contributed by atoms with Gasteiger partial charge in [0, 0.05) is 20.6 Å². The molecule has 6 nitrogen and oxygen atoms in total. The highest BCUT2D eigenvalue weighted by atomic mass is 32.2. The molecule has 1 amide bonds. The third-order valence-corrected chi connectivity index (χ3v) is 3.77. The van der Waals surface area contributed by atoms with Crippen molar-refractivity contribution >= 4 is 16.1 Å². The maximum absolute atomic E-state index is 12.6. The largest absolute Gasteiger partial charge is 0.351 e. The van der Waals surface area contributed by atoms with Crippen molar-refractivity contribution in [3.8, 4) is 0 Å². The minimum atomic E-state index is -3.61. The average molecular weight is 289 g/mol. The van der Waals surface area contributed by atoms with Gasteiger partial charge in [0.1, 0.15) is 5.82 Å². The fourth-order valence-corrected chi connectivity index (χ4v) is 1.72. The smallest absolute Gasteiger partial charge is 0.279 e. The number of rotatable bonds is 6. The van der Waals surface area contributed by atoms with Crippen molar-refractivity contribution in [1.29, 1.82) is 0 Å². The van der Waals surface area contributed by atoms with E-state index in [4.69, 9.17) is 0 Å². The number of benzene rings is 1. The average Bonchev–Trinajstić information content (AvgIpc) is 2.35. The maximum atomic E-state index is 12.6. The predicted molar refractivity (Wildman–Crippen MR) is 68.9 cm³/mol. The van der Waals surface area contributed by atoms with Gasteiger partial charge in [0.15, 0.2) is 0 Å². The van der Waals surface area contributed by atoms with Crippen LogP contribution in [0.2, 0.25) is 0 Å². The zero-order valence-electron chi connectivity index (χ0n) is 10.7. The molecular formula is C11H16FN3O3S. The van der Waals surface area contributed by atoms with Gasteiger partial charge >= 0.3 is 0 Å². The number of nitrogens with one attached hydrogen (secondary N) is 2. The number of halogens is 1. The molecular weight excluding hydrogens is 273 g/mol. The molecule has 0 aromatic heterocycles. The van der Waals surface area contributed by atoms with Crippen molar-refractivity contribution in [2.24, 2.45) is 0 Å². The Kier molecular flexibility index (Phi) is 5.40. The van der Waals surface area contributed by atoms with Gasteiger partial charge in [0.25, 0.3) is 10.2 Å². The summed E-state index contributed by atoms with van der Waals surface area (Å²) in [5, 5.41) is 2.52. The molecule has 0 heterocycles. The lowest BCUT2D eigenvalue weighted by atomic mass is 10.2. The summed E-state index contributed by atoms with van der Waals surface area (Å²) in [6, 6.07) is 5.66. The predicted octanol–water partition coefficient (Wildman–Crippen LogP) is -0.162. The van der Waals surface area contributed by atoms with Crippen molar-refractivity contribution in [1.82, 2.24) is 14.3 Å². The van der Waals surface area contributed by atoms with Gasteiger partial charge in [-0.15, -0.1) is 0 Å². The lowest BCUT2D eigenvalue weighted by molar-refractivity contribution is -0.120. The number of hydrogen-bond donors (Lipinski definition) is 2. The van der Waals surface area contributed by atoms with Crippen LogP contribution in [0.5, 0.6) is 0 Å².